The van der Waals surface area contributed by atoms with Crippen molar-refractivity contribution in [3.8, 4) is 11.5 Å². The molecule has 0 saturated carbocycles. The van der Waals surface area contributed by atoms with Crippen molar-refractivity contribution < 1.29 is 22.6 Å². The fraction of sp³-hybridized carbons (Fsp3) is 0.312. The number of pyridine rings is 1. The Kier molecular flexibility index (Phi) is 4.98. The molecule has 0 aliphatic rings. The van der Waals surface area contributed by atoms with Gasteiger partial charge in [0.25, 0.3) is 0 Å². The van der Waals surface area contributed by atoms with Crippen LogP contribution in [0.2, 0.25) is 0 Å². The van der Waals surface area contributed by atoms with E-state index < -0.39 is 11.7 Å². The number of rotatable bonds is 5. The van der Waals surface area contributed by atoms with Gasteiger partial charge < -0.3 is 14.4 Å². The van der Waals surface area contributed by atoms with Crippen LogP contribution in [0.5, 0.6) is 11.5 Å². The van der Waals surface area contributed by atoms with Gasteiger partial charge in [-0.15, -0.1) is 0 Å². The van der Waals surface area contributed by atoms with Crippen LogP contribution in [0.1, 0.15) is 11.1 Å². The first-order valence-corrected chi connectivity index (χ1v) is 6.81. The van der Waals surface area contributed by atoms with Crippen LogP contribution in [0.4, 0.5) is 19.0 Å². The molecule has 7 heteroatoms. The molecule has 0 aliphatic carbocycles. The Morgan fingerprint density at radius 2 is 1.78 bits per heavy atom. The molecule has 2 aromatic rings. The molecule has 0 fully saturated rings. The zero-order chi connectivity index (χ0) is 17.0. The first-order valence-electron chi connectivity index (χ1n) is 6.81. The van der Waals surface area contributed by atoms with E-state index in [2.05, 4.69) is 4.98 Å². The van der Waals surface area contributed by atoms with Gasteiger partial charge in [0.1, 0.15) is 5.82 Å². The number of alkyl halides is 3. The van der Waals surface area contributed by atoms with E-state index in [4.69, 9.17) is 9.47 Å². The van der Waals surface area contributed by atoms with Gasteiger partial charge >= 0.3 is 6.18 Å². The standard InChI is InChI=1S/C16H17F3N2O2/c1-21(15-12(16(17,18)19)5-4-8-20-15)10-11-6-7-13(22-2)14(9-11)23-3/h4-9H,10H2,1-3H3. The summed E-state index contributed by atoms with van der Waals surface area (Å²) in [6, 6.07) is 7.51. The normalized spacial score (nSPS) is 11.2. The molecule has 0 spiro atoms. The van der Waals surface area contributed by atoms with E-state index in [9.17, 15) is 13.2 Å². The summed E-state index contributed by atoms with van der Waals surface area (Å²) in [6.07, 6.45) is -3.11. The Balaban J connectivity index is 2.28. The maximum Gasteiger partial charge on any atom is 0.419 e. The lowest BCUT2D eigenvalue weighted by molar-refractivity contribution is -0.137. The zero-order valence-corrected chi connectivity index (χ0v) is 13.0. The van der Waals surface area contributed by atoms with Crippen LogP contribution >= 0.6 is 0 Å². The molecule has 0 amide bonds. The smallest absolute Gasteiger partial charge is 0.419 e. The molecule has 2 rings (SSSR count). The number of ether oxygens (including phenoxy) is 2. The van der Waals surface area contributed by atoms with Crippen molar-refractivity contribution in [2.45, 2.75) is 12.7 Å². The molecule has 0 atom stereocenters. The molecule has 4 nitrogen and oxygen atoms in total. The highest BCUT2D eigenvalue weighted by atomic mass is 19.4. The van der Waals surface area contributed by atoms with Crippen molar-refractivity contribution in [3.63, 3.8) is 0 Å². The average Bonchev–Trinajstić information content (AvgIpc) is 2.53. The molecule has 0 saturated heterocycles. The summed E-state index contributed by atoms with van der Waals surface area (Å²) < 4.78 is 49.5. The fourth-order valence-corrected chi connectivity index (χ4v) is 2.25. The van der Waals surface area contributed by atoms with Crippen LogP contribution in [0.25, 0.3) is 0 Å². The third kappa shape index (κ3) is 3.85. The Morgan fingerprint density at radius 1 is 1.09 bits per heavy atom. The second-order valence-corrected chi connectivity index (χ2v) is 4.92. The van der Waals surface area contributed by atoms with Crippen molar-refractivity contribution in [1.29, 1.82) is 0 Å². The molecule has 0 bridgehead atoms. The first-order chi connectivity index (χ1) is 10.9. The van der Waals surface area contributed by atoms with E-state index in [1.54, 1.807) is 25.2 Å². The number of halogens is 3. The van der Waals surface area contributed by atoms with E-state index in [1.165, 1.54) is 31.4 Å². The quantitative estimate of drug-likeness (QED) is 0.838. The Bertz CT molecular complexity index is 675. The molecule has 0 N–H and O–H groups in total. The van der Waals surface area contributed by atoms with E-state index in [-0.39, 0.29) is 12.4 Å². The predicted molar refractivity (Wildman–Crippen MR) is 80.9 cm³/mol. The Morgan fingerprint density at radius 3 is 2.39 bits per heavy atom. The molecule has 1 aromatic heterocycles. The Hall–Kier alpha value is -2.44. The Labute approximate surface area is 132 Å². The lowest BCUT2D eigenvalue weighted by Gasteiger charge is -2.22. The maximum atomic E-state index is 13.1. The minimum Gasteiger partial charge on any atom is -0.493 e. The van der Waals surface area contributed by atoms with Crippen molar-refractivity contribution in [2.24, 2.45) is 0 Å². The molecule has 1 heterocycles. The third-order valence-corrected chi connectivity index (χ3v) is 3.32. The summed E-state index contributed by atoms with van der Waals surface area (Å²) in [5.74, 6) is 0.970. The molecule has 23 heavy (non-hydrogen) atoms. The lowest BCUT2D eigenvalue weighted by atomic mass is 10.1. The van der Waals surface area contributed by atoms with Crippen LogP contribution < -0.4 is 14.4 Å². The third-order valence-electron chi connectivity index (χ3n) is 3.32. The van der Waals surface area contributed by atoms with E-state index in [0.29, 0.717) is 11.5 Å². The predicted octanol–water partition coefficient (Wildman–Crippen LogP) is 3.75. The topological polar surface area (TPSA) is 34.6 Å². The maximum absolute atomic E-state index is 13.1. The van der Waals surface area contributed by atoms with E-state index in [0.717, 1.165) is 11.6 Å². The second-order valence-electron chi connectivity index (χ2n) is 4.92. The zero-order valence-electron chi connectivity index (χ0n) is 13.0. The highest BCUT2D eigenvalue weighted by Gasteiger charge is 2.35. The summed E-state index contributed by atoms with van der Waals surface area (Å²) in [5, 5.41) is 0. The van der Waals surface area contributed by atoms with Gasteiger partial charge in [-0.1, -0.05) is 6.07 Å². The second kappa shape index (κ2) is 6.76. The molecule has 0 radical (unpaired) electrons. The molecular weight excluding hydrogens is 309 g/mol. The summed E-state index contributed by atoms with van der Waals surface area (Å²) >= 11 is 0. The number of nitrogens with zero attached hydrogens (tertiary/aromatic N) is 2. The van der Waals surface area contributed by atoms with Crippen LogP contribution in [-0.2, 0) is 12.7 Å². The van der Waals surface area contributed by atoms with Crippen LogP contribution in [0.3, 0.4) is 0 Å². The molecule has 0 aliphatic heterocycles. The molecule has 0 unspecified atom stereocenters. The SMILES string of the molecule is COc1ccc(CN(C)c2ncccc2C(F)(F)F)cc1OC. The largest absolute Gasteiger partial charge is 0.493 e. The van der Waals surface area contributed by atoms with Crippen molar-refractivity contribution in [3.05, 3.63) is 47.7 Å². The highest BCUT2D eigenvalue weighted by Crippen LogP contribution is 2.35. The summed E-state index contributed by atoms with van der Waals surface area (Å²) in [4.78, 5) is 5.32. The first kappa shape index (κ1) is 16.9. The van der Waals surface area contributed by atoms with Crippen molar-refractivity contribution in [1.82, 2.24) is 4.98 Å². The highest BCUT2D eigenvalue weighted by molar-refractivity contribution is 5.49. The van der Waals surface area contributed by atoms with Gasteiger partial charge in [-0.3, -0.25) is 0 Å². The van der Waals surface area contributed by atoms with Crippen molar-refractivity contribution in [2.75, 3.05) is 26.2 Å². The average molecular weight is 326 g/mol. The van der Waals surface area contributed by atoms with Gasteiger partial charge in [0, 0.05) is 19.8 Å². The molecule has 1 aromatic carbocycles. The molecular formula is C16H17F3N2O2. The molecule has 124 valence electrons. The van der Waals surface area contributed by atoms with Gasteiger partial charge in [-0.25, -0.2) is 4.98 Å². The summed E-state index contributed by atoms with van der Waals surface area (Å²) in [7, 11) is 4.59. The monoisotopic (exact) mass is 326 g/mol. The van der Waals surface area contributed by atoms with E-state index in [1.807, 2.05) is 0 Å². The van der Waals surface area contributed by atoms with Crippen LogP contribution in [-0.4, -0.2) is 26.3 Å². The van der Waals surface area contributed by atoms with Gasteiger partial charge in [0.15, 0.2) is 11.5 Å². The minimum atomic E-state index is -4.45. The summed E-state index contributed by atoms with van der Waals surface area (Å²) in [6.45, 7) is 0.250. The van der Waals surface area contributed by atoms with Crippen molar-refractivity contribution >= 4 is 5.82 Å². The van der Waals surface area contributed by atoms with Gasteiger partial charge in [0.05, 0.1) is 19.8 Å². The van der Waals surface area contributed by atoms with E-state index >= 15 is 0 Å². The number of benzene rings is 1. The number of methoxy groups -OCH3 is 2. The number of hydrogen-bond acceptors (Lipinski definition) is 4. The lowest BCUT2D eigenvalue weighted by Crippen LogP contribution is -2.22. The number of anilines is 1. The minimum absolute atomic E-state index is 0.116. The number of hydrogen-bond donors (Lipinski definition) is 0. The fourth-order valence-electron chi connectivity index (χ4n) is 2.25. The van der Waals surface area contributed by atoms with Gasteiger partial charge in [-0.05, 0) is 29.8 Å². The number of aromatic nitrogens is 1. The summed E-state index contributed by atoms with van der Waals surface area (Å²) in [5.41, 5.74) is 0.0203. The van der Waals surface area contributed by atoms with Crippen LogP contribution in [0.15, 0.2) is 36.5 Å². The van der Waals surface area contributed by atoms with Gasteiger partial charge in [-0.2, -0.15) is 13.2 Å². The van der Waals surface area contributed by atoms with Crippen LogP contribution in [0, 0.1) is 0 Å². The van der Waals surface area contributed by atoms with Gasteiger partial charge in [0.2, 0.25) is 0 Å².